The topological polar surface area (TPSA) is 46.0 Å². The average molecular weight is 269 g/mol. The monoisotopic (exact) mass is 268 g/mol. The third kappa shape index (κ3) is 1.61. The van der Waals surface area contributed by atoms with Gasteiger partial charge in [-0.15, -0.1) is 0 Å². The molecule has 0 aliphatic carbocycles. The highest BCUT2D eigenvalue weighted by molar-refractivity contribution is 6.31. The second-order valence-electron chi connectivity index (χ2n) is 4.34. The van der Waals surface area contributed by atoms with Crippen molar-refractivity contribution >= 4 is 28.2 Å². The van der Waals surface area contributed by atoms with Gasteiger partial charge in [-0.05, 0) is 18.2 Å². The van der Waals surface area contributed by atoms with E-state index >= 15 is 0 Å². The Labute approximate surface area is 113 Å². The fourth-order valence-electron chi connectivity index (χ4n) is 2.27. The molecule has 19 heavy (non-hydrogen) atoms. The summed E-state index contributed by atoms with van der Waals surface area (Å²) in [4.78, 5) is 7.49. The molecule has 0 fully saturated rings. The molecular formula is C14H9ClN4. The van der Waals surface area contributed by atoms with Gasteiger partial charge in [-0.2, -0.15) is 5.10 Å². The first-order chi connectivity index (χ1) is 9.31. The zero-order valence-corrected chi connectivity index (χ0v) is 10.6. The summed E-state index contributed by atoms with van der Waals surface area (Å²) >= 11 is 5.99. The van der Waals surface area contributed by atoms with E-state index in [0.717, 1.165) is 32.8 Å². The van der Waals surface area contributed by atoms with Gasteiger partial charge < -0.3 is 4.98 Å². The number of rotatable bonds is 1. The Morgan fingerprint density at radius 3 is 3.05 bits per heavy atom. The van der Waals surface area contributed by atoms with E-state index in [0.29, 0.717) is 0 Å². The van der Waals surface area contributed by atoms with Crippen molar-refractivity contribution in [2.75, 3.05) is 0 Å². The fourth-order valence-corrected chi connectivity index (χ4v) is 2.44. The van der Waals surface area contributed by atoms with Crippen molar-refractivity contribution in [1.82, 2.24) is 19.6 Å². The fraction of sp³-hybridized carbons (Fsp3) is 0. The molecule has 0 atom stereocenters. The number of nitrogens with one attached hydrogen (secondary N) is 1. The van der Waals surface area contributed by atoms with Crippen molar-refractivity contribution in [3.63, 3.8) is 0 Å². The van der Waals surface area contributed by atoms with Gasteiger partial charge in [-0.25, -0.2) is 9.50 Å². The molecule has 0 spiro atoms. The minimum atomic E-state index is 0.720. The van der Waals surface area contributed by atoms with Gasteiger partial charge in [0, 0.05) is 46.1 Å². The number of hydrogen-bond acceptors (Lipinski definition) is 2. The van der Waals surface area contributed by atoms with Crippen LogP contribution in [-0.2, 0) is 0 Å². The van der Waals surface area contributed by atoms with E-state index < -0.39 is 0 Å². The quantitative estimate of drug-likeness (QED) is 0.574. The summed E-state index contributed by atoms with van der Waals surface area (Å²) in [7, 11) is 0. The molecule has 0 saturated carbocycles. The van der Waals surface area contributed by atoms with E-state index in [-0.39, 0.29) is 0 Å². The minimum Gasteiger partial charge on any atom is -0.360 e. The van der Waals surface area contributed by atoms with Crippen molar-refractivity contribution in [2.45, 2.75) is 0 Å². The number of H-pyrrole nitrogens is 1. The lowest BCUT2D eigenvalue weighted by atomic mass is 10.1. The first kappa shape index (κ1) is 10.6. The molecule has 0 unspecified atom stereocenters. The van der Waals surface area contributed by atoms with E-state index in [2.05, 4.69) is 15.1 Å². The van der Waals surface area contributed by atoms with Crippen LogP contribution < -0.4 is 0 Å². The molecule has 92 valence electrons. The first-order valence-electron chi connectivity index (χ1n) is 5.89. The number of aromatic amines is 1. The van der Waals surface area contributed by atoms with Crippen molar-refractivity contribution in [2.24, 2.45) is 0 Å². The average Bonchev–Trinajstić information content (AvgIpc) is 3.00. The van der Waals surface area contributed by atoms with Gasteiger partial charge in [0.2, 0.25) is 0 Å². The largest absolute Gasteiger partial charge is 0.360 e. The lowest BCUT2D eigenvalue weighted by molar-refractivity contribution is 0.944. The highest BCUT2D eigenvalue weighted by atomic mass is 35.5. The molecule has 0 aliphatic heterocycles. The smallest absolute Gasteiger partial charge is 0.155 e. The lowest BCUT2D eigenvalue weighted by Gasteiger charge is -1.94. The Hall–Kier alpha value is -2.33. The van der Waals surface area contributed by atoms with Gasteiger partial charge in [-0.3, -0.25) is 0 Å². The van der Waals surface area contributed by atoms with Crippen LogP contribution in [0.25, 0.3) is 27.8 Å². The number of benzene rings is 1. The molecular weight excluding hydrogens is 260 g/mol. The summed E-state index contributed by atoms with van der Waals surface area (Å²) in [5.74, 6) is 0. The molecule has 0 radical (unpaired) electrons. The molecule has 0 saturated heterocycles. The maximum atomic E-state index is 5.99. The summed E-state index contributed by atoms with van der Waals surface area (Å²) in [6.07, 6.45) is 5.59. The van der Waals surface area contributed by atoms with E-state index in [9.17, 15) is 0 Å². The first-order valence-corrected chi connectivity index (χ1v) is 6.26. The second kappa shape index (κ2) is 3.83. The summed E-state index contributed by atoms with van der Waals surface area (Å²) in [6, 6.07) is 9.63. The van der Waals surface area contributed by atoms with E-state index in [4.69, 9.17) is 11.6 Å². The molecule has 1 aromatic carbocycles. The van der Waals surface area contributed by atoms with Crippen LogP contribution >= 0.6 is 11.6 Å². The SMILES string of the molecule is Clc1ccc2c(-c3cc4ncccn4n3)c[nH]c2c1. The van der Waals surface area contributed by atoms with E-state index in [1.54, 1.807) is 10.7 Å². The molecule has 0 bridgehead atoms. The number of hydrogen-bond donors (Lipinski definition) is 1. The molecule has 3 aromatic heterocycles. The summed E-state index contributed by atoms with van der Waals surface area (Å²) < 4.78 is 1.77. The maximum absolute atomic E-state index is 5.99. The Balaban J connectivity index is 1.98. The molecule has 4 nitrogen and oxygen atoms in total. The standard InChI is InChI=1S/C14H9ClN4/c15-9-2-3-10-11(8-17-12(10)6-9)13-7-14-16-4-1-5-19(14)18-13/h1-8,17H. The van der Waals surface area contributed by atoms with Crippen molar-refractivity contribution in [1.29, 1.82) is 0 Å². The van der Waals surface area contributed by atoms with Gasteiger partial charge in [0.05, 0.1) is 5.69 Å². The van der Waals surface area contributed by atoms with Crippen molar-refractivity contribution in [3.8, 4) is 11.3 Å². The zero-order chi connectivity index (χ0) is 12.8. The molecule has 4 aromatic rings. The lowest BCUT2D eigenvalue weighted by Crippen LogP contribution is -1.86. The van der Waals surface area contributed by atoms with Crippen molar-refractivity contribution in [3.05, 3.63) is 53.9 Å². The van der Waals surface area contributed by atoms with Crippen LogP contribution in [0.1, 0.15) is 0 Å². The number of nitrogens with zero attached hydrogens (tertiary/aromatic N) is 3. The molecule has 4 rings (SSSR count). The summed E-state index contributed by atoms with van der Waals surface area (Å²) in [5.41, 5.74) is 3.79. The molecule has 5 heteroatoms. The van der Waals surface area contributed by atoms with Gasteiger partial charge in [0.25, 0.3) is 0 Å². The van der Waals surface area contributed by atoms with Crippen LogP contribution in [0.5, 0.6) is 0 Å². The zero-order valence-electron chi connectivity index (χ0n) is 9.84. The highest BCUT2D eigenvalue weighted by Gasteiger charge is 2.10. The number of aromatic nitrogens is 4. The Morgan fingerprint density at radius 2 is 2.16 bits per heavy atom. The van der Waals surface area contributed by atoms with Crippen LogP contribution in [-0.4, -0.2) is 19.6 Å². The number of fused-ring (bicyclic) bond motifs is 2. The predicted octanol–water partition coefficient (Wildman–Crippen LogP) is 3.53. The van der Waals surface area contributed by atoms with E-state index in [1.165, 1.54) is 0 Å². The van der Waals surface area contributed by atoms with Gasteiger partial charge >= 0.3 is 0 Å². The van der Waals surface area contributed by atoms with Crippen LogP contribution in [0.3, 0.4) is 0 Å². The van der Waals surface area contributed by atoms with E-state index in [1.807, 2.05) is 42.7 Å². The normalized spacial score (nSPS) is 11.4. The highest BCUT2D eigenvalue weighted by Crippen LogP contribution is 2.29. The van der Waals surface area contributed by atoms with Crippen molar-refractivity contribution < 1.29 is 0 Å². The Morgan fingerprint density at radius 1 is 1.21 bits per heavy atom. The number of halogens is 1. The third-order valence-electron chi connectivity index (χ3n) is 3.16. The Bertz CT molecular complexity index is 858. The van der Waals surface area contributed by atoms with Crippen LogP contribution in [0.4, 0.5) is 0 Å². The van der Waals surface area contributed by atoms with Crippen LogP contribution in [0.15, 0.2) is 48.9 Å². The third-order valence-corrected chi connectivity index (χ3v) is 3.39. The predicted molar refractivity (Wildman–Crippen MR) is 75.3 cm³/mol. The van der Waals surface area contributed by atoms with Crippen LogP contribution in [0, 0.1) is 0 Å². The molecule has 0 aliphatic rings. The summed E-state index contributed by atoms with van der Waals surface area (Å²) in [5, 5.41) is 6.35. The van der Waals surface area contributed by atoms with Gasteiger partial charge in [0.15, 0.2) is 5.65 Å². The summed E-state index contributed by atoms with van der Waals surface area (Å²) in [6.45, 7) is 0. The van der Waals surface area contributed by atoms with Crippen LogP contribution in [0.2, 0.25) is 5.02 Å². The molecule has 3 heterocycles. The molecule has 1 N–H and O–H groups in total. The Kier molecular flexibility index (Phi) is 2.13. The van der Waals surface area contributed by atoms with Gasteiger partial charge in [0.1, 0.15) is 0 Å². The second-order valence-corrected chi connectivity index (χ2v) is 4.78. The maximum Gasteiger partial charge on any atom is 0.155 e. The van der Waals surface area contributed by atoms with Gasteiger partial charge in [-0.1, -0.05) is 17.7 Å². The molecule has 0 amide bonds. The minimum absolute atomic E-state index is 0.720.